The van der Waals surface area contributed by atoms with E-state index in [1.54, 1.807) is 0 Å². The Morgan fingerprint density at radius 3 is 2.92 bits per heavy atom. The Hall–Kier alpha value is 0.270. The molecular weight excluding hydrogens is 182 g/mol. The molecule has 1 aliphatic heterocycles. The van der Waals surface area contributed by atoms with Gasteiger partial charge in [-0.1, -0.05) is 6.92 Å². The lowest BCUT2D eigenvalue weighted by Gasteiger charge is -2.29. The zero-order valence-electron chi connectivity index (χ0n) is 8.71. The third kappa shape index (κ3) is 3.15. The lowest BCUT2D eigenvalue weighted by Crippen LogP contribution is -2.44. The number of rotatable bonds is 5. The van der Waals surface area contributed by atoms with Crippen molar-refractivity contribution in [3.05, 3.63) is 0 Å². The van der Waals surface area contributed by atoms with E-state index in [9.17, 15) is 0 Å². The Morgan fingerprint density at radius 2 is 2.38 bits per heavy atom. The average Bonchev–Trinajstić information content (AvgIpc) is 2.54. The topological polar surface area (TPSA) is 35.2 Å². The number of ether oxygens (including phenoxy) is 1. The van der Waals surface area contributed by atoms with Gasteiger partial charge in [0, 0.05) is 17.4 Å². The Bertz CT molecular complexity index is 146. The van der Waals surface area contributed by atoms with Gasteiger partial charge < -0.3 is 10.5 Å². The molecule has 1 rings (SSSR count). The fraction of sp³-hybridized carbons (Fsp3) is 1.00. The molecule has 0 aliphatic carbocycles. The lowest BCUT2D eigenvalue weighted by molar-refractivity contribution is 0.112. The molecule has 13 heavy (non-hydrogen) atoms. The van der Waals surface area contributed by atoms with Gasteiger partial charge in [-0.3, -0.25) is 0 Å². The molecule has 1 heterocycles. The van der Waals surface area contributed by atoms with Gasteiger partial charge in [0.25, 0.3) is 0 Å². The normalized spacial score (nSPS) is 30.7. The summed E-state index contributed by atoms with van der Waals surface area (Å²) in [5.41, 5.74) is 6.11. The monoisotopic (exact) mass is 203 g/mol. The van der Waals surface area contributed by atoms with Crippen LogP contribution in [0.4, 0.5) is 0 Å². The van der Waals surface area contributed by atoms with E-state index in [4.69, 9.17) is 10.5 Å². The maximum Gasteiger partial charge on any atom is 0.0631 e. The van der Waals surface area contributed by atoms with Crippen molar-refractivity contribution in [2.45, 2.75) is 43.9 Å². The zero-order chi connectivity index (χ0) is 9.73. The zero-order valence-corrected chi connectivity index (χ0v) is 9.53. The van der Waals surface area contributed by atoms with Crippen LogP contribution in [0.15, 0.2) is 0 Å². The molecule has 1 fully saturated rings. The summed E-state index contributed by atoms with van der Waals surface area (Å²) in [6, 6.07) is 0.201. The van der Waals surface area contributed by atoms with Gasteiger partial charge in [0.15, 0.2) is 0 Å². The summed E-state index contributed by atoms with van der Waals surface area (Å²) in [4.78, 5) is 0. The highest BCUT2D eigenvalue weighted by Gasteiger charge is 2.35. The number of nitrogens with two attached hydrogens (primary N) is 1. The van der Waals surface area contributed by atoms with Gasteiger partial charge in [-0.25, -0.2) is 0 Å². The standard InChI is InChI=1S/C10H21NOS/c1-3-6-12-8-9(11)10(2)5-4-7-13-10/h9H,3-8,11H2,1-2H3. The van der Waals surface area contributed by atoms with Gasteiger partial charge in [-0.15, -0.1) is 0 Å². The van der Waals surface area contributed by atoms with Gasteiger partial charge in [-0.2, -0.15) is 11.8 Å². The van der Waals surface area contributed by atoms with Crippen molar-refractivity contribution in [1.82, 2.24) is 0 Å². The van der Waals surface area contributed by atoms with Gasteiger partial charge in [0.05, 0.1) is 6.61 Å². The molecule has 0 saturated carbocycles. The largest absolute Gasteiger partial charge is 0.380 e. The number of thioether (sulfide) groups is 1. The summed E-state index contributed by atoms with van der Waals surface area (Å²) in [5.74, 6) is 1.26. The van der Waals surface area contributed by atoms with E-state index < -0.39 is 0 Å². The minimum atomic E-state index is 0.201. The predicted molar refractivity (Wildman–Crippen MR) is 59.2 cm³/mol. The quantitative estimate of drug-likeness (QED) is 0.694. The molecule has 0 radical (unpaired) electrons. The molecule has 1 aliphatic rings. The molecule has 2 nitrogen and oxygen atoms in total. The first-order valence-corrected chi connectivity index (χ1v) is 6.15. The van der Waals surface area contributed by atoms with Crippen molar-refractivity contribution in [2.75, 3.05) is 19.0 Å². The van der Waals surface area contributed by atoms with E-state index in [-0.39, 0.29) is 10.8 Å². The van der Waals surface area contributed by atoms with Crippen molar-refractivity contribution in [2.24, 2.45) is 5.73 Å². The molecule has 2 unspecified atom stereocenters. The molecule has 2 N–H and O–H groups in total. The van der Waals surface area contributed by atoms with Crippen LogP contribution in [0.5, 0.6) is 0 Å². The van der Waals surface area contributed by atoms with Crippen molar-refractivity contribution in [3.63, 3.8) is 0 Å². The highest BCUT2D eigenvalue weighted by atomic mass is 32.2. The summed E-state index contributed by atoms with van der Waals surface area (Å²) >= 11 is 2.01. The second-order valence-electron chi connectivity index (χ2n) is 3.95. The molecule has 0 amide bonds. The Kier molecular flexibility index (Phi) is 4.56. The van der Waals surface area contributed by atoms with Crippen LogP contribution in [0.1, 0.15) is 33.1 Å². The summed E-state index contributed by atoms with van der Waals surface area (Å²) < 4.78 is 5.76. The number of hydrogen-bond donors (Lipinski definition) is 1. The van der Waals surface area contributed by atoms with Crippen LogP contribution >= 0.6 is 11.8 Å². The molecule has 0 bridgehead atoms. The summed E-state index contributed by atoms with van der Waals surface area (Å²) in [6.07, 6.45) is 3.63. The van der Waals surface area contributed by atoms with Crippen molar-refractivity contribution >= 4 is 11.8 Å². The molecule has 2 atom stereocenters. The number of hydrogen-bond acceptors (Lipinski definition) is 3. The van der Waals surface area contributed by atoms with Gasteiger partial charge in [0.1, 0.15) is 0 Å². The van der Waals surface area contributed by atoms with Crippen LogP contribution < -0.4 is 5.73 Å². The molecule has 0 aromatic carbocycles. The van der Waals surface area contributed by atoms with Crippen LogP contribution in [0.3, 0.4) is 0 Å². The maximum atomic E-state index is 6.11. The van der Waals surface area contributed by atoms with Crippen molar-refractivity contribution in [3.8, 4) is 0 Å². The summed E-state index contributed by atoms with van der Waals surface area (Å²) in [6.45, 7) is 5.95. The average molecular weight is 203 g/mol. The van der Waals surface area contributed by atoms with Crippen LogP contribution in [-0.4, -0.2) is 29.8 Å². The Balaban J connectivity index is 2.24. The van der Waals surface area contributed by atoms with Crippen molar-refractivity contribution in [1.29, 1.82) is 0 Å². The molecule has 1 saturated heterocycles. The third-order valence-electron chi connectivity index (χ3n) is 2.68. The van der Waals surface area contributed by atoms with Crippen molar-refractivity contribution < 1.29 is 4.74 Å². The second kappa shape index (κ2) is 5.23. The van der Waals surface area contributed by atoms with Crippen LogP contribution in [0, 0.1) is 0 Å². The molecule has 3 heteroatoms. The van der Waals surface area contributed by atoms with E-state index in [0.29, 0.717) is 0 Å². The predicted octanol–water partition coefficient (Wildman–Crippen LogP) is 2.03. The third-order valence-corrected chi connectivity index (χ3v) is 4.34. The molecular formula is C10H21NOS. The van der Waals surface area contributed by atoms with E-state index in [2.05, 4.69) is 13.8 Å². The minimum absolute atomic E-state index is 0.201. The molecule has 0 spiro atoms. The van der Waals surface area contributed by atoms with E-state index >= 15 is 0 Å². The van der Waals surface area contributed by atoms with Crippen LogP contribution in [0.25, 0.3) is 0 Å². The molecule has 78 valence electrons. The SMILES string of the molecule is CCCOCC(N)C1(C)CCCS1. The fourth-order valence-corrected chi connectivity index (χ4v) is 2.95. The first-order valence-electron chi connectivity index (χ1n) is 5.16. The van der Waals surface area contributed by atoms with Crippen LogP contribution in [0.2, 0.25) is 0 Å². The highest BCUT2D eigenvalue weighted by molar-refractivity contribution is 8.00. The minimum Gasteiger partial charge on any atom is -0.380 e. The highest BCUT2D eigenvalue weighted by Crippen LogP contribution is 2.39. The maximum absolute atomic E-state index is 6.11. The molecule has 0 aromatic heterocycles. The molecule has 0 aromatic rings. The summed E-state index contributed by atoms with van der Waals surface area (Å²) in [7, 11) is 0. The first-order chi connectivity index (χ1) is 6.19. The fourth-order valence-electron chi connectivity index (χ4n) is 1.62. The van der Waals surface area contributed by atoms with E-state index in [0.717, 1.165) is 19.6 Å². The van der Waals surface area contributed by atoms with E-state index in [1.807, 2.05) is 11.8 Å². The van der Waals surface area contributed by atoms with Crippen LogP contribution in [-0.2, 0) is 4.74 Å². The second-order valence-corrected chi connectivity index (χ2v) is 5.58. The van der Waals surface area contributed by atoms with Gasteiger partial charge in [-0.05, 0) is 31.9 Å². The van der Waals surface area contributed by atoms with E-state index in [1.165, 1.54) is 18.6 Å². The van der Waals surface area contributed by atoms with Gasteiger partial charge >= 0.3 is 0 Å². The summed E-state index contributed by atoms with van der Waals surface area (Å²) in [5, 5.41) is 0. The smallest absolute Gasteiger partial charge is 0.0631 e. The Labute approximate surface area is 85.6 Å². The lowest BCUT2D eigenvalue weighted by atomic mass is 9.97. The first kappa shape index (κ1) is 11.3. The Morgan fingerprint density at radius 1 is 1.62 bits per heavy atom. The van der Waals surface area contributed by atoms with Gasteiger partial charge in [0.2, 0.25) is 0 Å².